The second-order valence-corrected chi connectivity index (χ2v) is 10.4. The number of benzene rings is 1. The van der Waals surface area contributed by atoms with Crippen molar-refractivity contribution in [3.05, 3.63) is 42.1 Å². The second-order valence-electron chi connectivity index (χ2n) is 8.97. The Morgan fingerprint density at radius 3 is 2.11 bits per heavy atom. The first-order chi connectivity index (χ1) is 20.6. The van der Waals surface area contributed by atoms with Crippen LogP contribution in [-0.2, 0) is 24.4 Å². The molecule has 2 heterocycles. The van der Waals surface area contributed by atoms with Gasteiger partial charge in [0, 0.05) is 51.3 Å². The van der Waals surface area contributed by atoms with Gasteiger partial charge in [-0.05, 0) is 13.3 Å². The fourth-order valence-electron chi connectivity index (χ4n) is 3.71. The van der Waals surface area contributed by atoms with Crippen LogP contribution in [0.1, 0.15) is 30.3 Å². The summed E-state index contributed by atoms with van der Waals surface area (Å²) in [4.78, 5) is 61.3. The van der Waals surface area contributed by atoms with Gasteiger partial charge in [-0.15, -0.1) is 0 Å². The lowest BCUT2D eigenvalue weighted by Crippen LogP contribution is -2.56. The Kier molecular flexibility index (Phi) is 12.8. The van der Waals surface area contributed by atoms with Crippen molar-refractivity contribution in [2.24, 2.45) is 0 Å². The van der Waals surface area contributed by atoms with E-state index in [2.05, 4.69) is 20.6 Å². The number of alkyl halides is 3. The van der Waals surface area contributed by atoms with Gasteiger partial charge in [-0.1, -0.05) is 30.3 Å². The van der Waals surface area contributed by atoms with Crippen molar-refractivity contribution in [2.45, 2.75) is 31.3 Å². The van der Waals surface area contributed by atoms with Crippen molar-refractivity contribution in [3.8, 4) is 11.4 Å². The van der Waals surface area contributed by atoms with E-state index in [-0.39, 0.29) is 51.3 Å². The van der Waals surface area contributed by atoms with Gasteiger partial charge in [0.15, 0.2) is 5.82 Å². The number of ether oxygens (including phenoxy) is 1. The van der Waals surface area contributed by atoms with E-state index in [1.807, 2.05) is 30.3 Å². The maximum atomic E-state index is 13.2. The molecule has 1 atom stereocenters. The first kappa shape index (κ1) is 35.7. The number of amides is 3. The van der Waals surface area contributed by atoms with Crippen LogP contribution < -0.4 is 10.6 Å². The molecule has 2 aromatic rings. The number of aliphatic carboxylic acids is 1. The van der Waals surface area contributed by atoms with Crippen molar-refractivity contribution in [1.82, 2.24) is 25.1 Å². The number of rotatable bonds is 9. The zero-order chi connectivity index (χ0) is 33.1. The van der Waals surface area contributed by atoms with Crippen LogP contribution in [0.5, 0.6) is 0 Å². The minimum Gasteiger partial charge on any atom is -0.481 e. The zero-order valence-corrected chi connectivity index (χ0v) is 24.4. The number of carboxylic acids is 1. The molecule has 242 valence electrons. The average Bonchev–Trinajstić information content (AvgIpc) is 2.98. The zero-order valence-electron chi connectivity index (χ0n) is 23.6. The lowest BCUT2D eigenvalue weighted by atomic mass is 10.1. The number of nitrogens with one attached hydrogen (secondary N) is 2. The van der Waals surface area contributed by atoms with Crippen LogP contribution >= 0.6 is 0 Å². The summed E-state index contributed by atoms with van der Waals surface area (Å²) in [5.74, 6) is -1.38. The molecule has 1 aliphatic heterocycles. The number of carboxylic acid groups (broad SMARTS) is 1. The van der Waals surface area contributed by atoms with Gasteiger partial charge in [0.2, 0.25) is 5.91 Å². The molecule has 44 heavy (non-hydrogen) atoms. The van der Waals surface area contributed by atoms with Crippen LogP contribution in [0.3, 0.4) is 0 Å². The number of carbonyl (C=O) groups is 4. The van der Waals surface area contributed by atoms with E-state index in [0.29, 0.717) is 17.2 Å². The predicted molar refractivity (Wildman–Crippen MR) is 148 cm³/mol. The smallest absolute Gasteiger partial charge is 0.481 e. The predicted octanol–water partition coefficient (Wildman–Crippen LogP) is 1.84. The number of nitrogens with zero attached hydrogens (tertiary/aromatic N) is 4. The molecular formula is C25H31F3N6O9S. The molecule has 1 aromatic carbocycles. The molecule has 19 heteroatoms. The van der Waals surface area contributed by atoms with Crippen molar-refractivity contribution in [3.63, 3.8) is 0 Å². The van der Waals surface area contributed by atoms with Crippen LogP contribution in [0.25, 0.3) is 11.4 Å². The highest BCUT2D eigenvalue weighted by Gasteiger charge is 2.44. The van der Waals surface area contributed by atoms with Gasteiger partial charge in [0.25, 0.3) is 5.91 Å². The lowest BCUT2D eigenvalue weighted by molar-refractivity contribution is -0.138. The molecular weight excluding hydrogens is 617 g/mol. The van der Waals surface area contributed by atoms with E-state index in [1.165, 1.54) is 15.9 Å². The molecule has 1 aliphatic rings. The molecule has 0 spiro atoms. The van der Waals surface area contributed by atoms with Crippen molar-refractivity contribution in [1.29, 1.82) is 0 Å². The molecule has 3 rings (SSSR count). The topological polar surface area (TPSA) is 208 Å². The molecule has 0 radical (unpaired) electrons. The van der Waals surface area contributed by atoms with Gasteiger partial charge in [0.05, 0.1) is 6.61 Å². The van der Waals surface area contributed by atoms with E-state index in [1.54, 1.807) is 14.0 Å². The van der Waals surface area contributed by atoms with Gasteiger partial charge in [-0.3, -0.25) is 18.9 Å². The number of hydrogen-bond donors (Lipinski definition) is 4. The third-order valence-electron chi connectivity index (χ3n) is 5.91. The standard InChI is InChI=1S/C24H30N6O6.CHF3O3S/c1-3-36-24(35)30-13-11-29(12-14-30)23(34)17(9-10-20(31)32)27-22(33)18-15-19(25-2)28-21(26-18)16-7-5-4-6-8-16;2-1(3,4)8(5,6)7/h4-8,15,17H,3,9-14H2,1-2H3,(H,27,33)(H,31,32)(H,25,26,28);(H,5,6,7)/t17-;/m0./s1. The van der Waals surface area contributed by atoms with Crippen LogP contribution in [0.15, 0.2) is 36.4 Å². The Labute approximate surface area is 250 Å². The molecule has 0 bridgehead atoms. The molecule has 1 saturated heterocycles. The van der Waals surface area contributed by atoms with E-state index in [9.17, 15) is 32.3 Å². The van der Waals surface area contributed by atoms with Crippen LogP contribution in [0.2, 0.25) is 0 Å². The van der Waals surface area contributed by atoms with Gasteiger partial charge in [0.1, 0.15) is 17.6 Å². The number of carbonyl (C=O) groups excluding carboxylic acids is 3. The number of halogens is 3. The number of piperazine rings is 1. The Balaban J connectivity index is 0.000000742. The van der Waals surface area contributed by atoms with Gasteiger partial charge in [-0.2, -0.15) is 21.6 Å². The Hall–Kier alpha value is -4.52. The molecule has 1 fully saturated rings. The first-order valence-corrected chi connectivity index (χ1v) is 14.4. The van der Waals surface area contributed by atoms with Crippen molar-refractivity contribution in [2.75, 3.05) is 45.2 Å². The maximum absolute atomic E-state index is 13.2. The summed E-state index contributed by atoms with van der Waals surface area (Å²) >= 11 is 0. The molecule has 0 saturated carbocycles. The number of anilines is 1. The highest BCUT2D eigenvalue weighted by Crippen LogP contribution is 2.21. The molecule has 0 aliphatic carbocycles. The van der Waals surface area contributed by atoms with E-state index in [4.69, 9.17) is 22.8 Å². The summed E-state index contributed by atoms with van der Waals surface area (Å²) in [5.41, 5.74) is -4.79. The highest BCUT2D eigenvalue weighted by molar-refractivity contribution is 7.86. The summed E-state index contributed by atoms with van der Waals surface area (Å²) in [6, 6.07) is 9.51. The molecule has 1 aromatic heterocycles. The maximum Gasteiger partial charge on any atom is 0.522 e. The Bertz CT molecular complexity index is 1420. The molecule has 4 N–H and O–H groups in total. The van der Waals surface area contributed by atoms with Crippen LogP contribution in [0, 0.1) is 0 Å². The first-order valence-electron chi connectivity index (χ1n) is 13.0. The molecule has 3 amide bonds. The highest BCUT2D eigenvalue weighted by atomic mass is 32.2. The largest absolute Gasteiger partial charge is 0.522 e. The summed E-state index contributed by atoms with van der Waals surface area (Å²) in [7, 11) is -4.18. The summed E-state index contributed by atoms with van der Waals surface area (Å²) in [6.45, 7) is 3.02. The fourth-order valence-corrected chi connectivity index (χ4v) is 3.71. The number of aromatic nitrogens is 2. The van der Waals surface area contributed by atoms with Crippen molar-refractivity contribution < 1.29 is 55.2 Å². The minimum atomic E-state index is -5.84. The van der Waals surface area contributed by atoms with E-state index >= 15 is 0 Å². The summed E-state index contributed by atoms with van der Waals surface area (Å²) < 4.78 is 62.5. The van der Waals surface area contributed by atoms with E-state index in [0.717, 1.165) is 0 Å². The molecule has 0 unspecified atom stereocenters. The van der Waals surface area contributed by atoms with E-state index < -0.39 is 45.5 Å². The number of hydrogen-bond acceptors (Lipinski definition) is 10. The second kappa shape index (κ2) is 15.8. The normalized spacial score (nSPS) is 14.0. The average molecular weight is 649 g/mol. The van der Waals surface area contributed by atoms with Gasteiger partial charge >= 0.3 is 27.7 Å². The van der Waals surface area contributed by atoms with Crippen LogP contribution in [-0.4, -0.2) is 113 Å². The van der Waals surface area contributed by atoms with Gasteiger partial charge in [-0.25, -0.2) is 14.8 Å². The minimum absolute atomic E-state index is 0.0356. The quantitative estimate of drug-likeness (QED) is 0.227. The fraction of sp³-hybridized carbons (Fsp3) is 0.440. The van der Waals surface area contributed by atoms with Gasteiger partial charge < -0.3 is 30.3 Å². The summed E-state index contributed by atoms with van der Waals surface area (Å²) in [5, 5.41) is 14.7. The Morgan fingerprint density at radius 2 is 1.61 bits per heavy atom. The van der Waals surface area contributed by atoms with Crippen molar-refractivity contribution >= 4 is 39.8 Å². The Morgan fingerprint density at radius 1 is 1.05 bits per heavy atom. The lowest BCUT2D eigenvalue weighted by Gasteiger charge is -2.35. The third-order valence-corrected chi connectivity index (χ3v) is 6.49. The SMILES string of the molecule is CCOC(=O)N1CCN(C(=O)[C@H](CCC(=O)O)NC(=O)c2cc(NC)nc(-c3ccccc3)n2)CC1.O=S(=O)(O)C(F)(F)F. The third kappa shape index (κ3) is 10.6. The van der Waals surface area contributed by atoms with Crippen LogP contribution in [0.4, 0.5) is 23.8 Å². The summed E-state index contributed by atoms with van der Waals surface area (Å²) in [6.07, 6.45) is -0.841. The monoisotopic (exact) mass is 648 g/mol. The molecule has 15 nitrogen and oxygen atoms in total.